The summed E-state index contributed by atoms with van der Waals surface area (Å²) >= 11 is 0. The largest absolute Gasteiger partial charge is 0.389 e. The van der Waals surface area contributed by atoms with Gasteiger partial charge in [0.25, 0.3) is 5.91 Å². The van der Waals surface area contributed by atoms with E-state index in [0.29, 0.717) is 32.8 Å². The van der Waals surface area contributed by atoms with E-state index < -0.39 is 6.10 Å². The van der Waals surface area contributed by atoms with Crippen LogP contribution in [0.25, 0.3) is 10.9 Å². The minimum atomic E-state index is -0.472. The first-order valence-corrected chi connectivity index (χ1v) is 8.92. The number of benzene rings is 1. The number of fused-ring (bicyclic) bond motifs is 1. The first-order valence-electron chi connectivity index (χ1n) is 8.92. The van der Waals surface area contributed by atoms with Crippen molar-refractivity contribution >= 4 is 16.8 Å². The van der Waals surface area contributed by atoms with Gasteiger partial charge in [-0.1, -0.05) is 18.2 Å². The second-order valence-corrected chi connectivity index (χ2v) is 6.55. The van der Waals surface area contributed by atoms with E-state index >= 15 is 0 Å². The van der Waals surface area contributed by atoms with Crippen molar-refractivity contribution in [2.45, 2.75) is 13.0 Å². The topological polar surface area (TPSA) is 57.9 Å². The average molecular weight is 345 g/mol. The molecule has 1 aromatic carbocycles. The normalized spacial score (nSPS) is 17.2. The molecular weight excluding hydrogens is 318 g/mol. The maximum atomic E-state index is 12.9. The Morgan fingerprint density at radius 2 is 1.96 bits per heavy atom. The van der Waals surface area contributed by atoms with Crippen LogP contribution in [-0.4, -0.2) is 77.4 Å². The molecule has 0 aliphatic carbocycles. The van der Waals surface area contributed by atoms with E-state index in [1.54, 1.807) is 0 Å². The van der Waals surface area contributed by atoms with E-state index in [-0.39, 0.29) is 5.91 Å². The molecule has 0 unspecified atom stereocenters. The summed E-state index contributed by atoms with van der Waals surface area (Å²) in [6.07, 6.45) is -0.472. The Labute approximate surface area is 148 Å². The smallest absolute Gasteiger partial charge is 0.270 e. The minimum absolute atomic E-state index is 0.0771. The second kappa shape index (κ2) is 7.99. The van der Waals surface area contributed by atoms with E-state index in [9.17, 15) is 9.90 Å². The number of piperazine rings is 1. The standard InChI is InChI=1S/C19H27N3O3/c1-3-25-14-16(23)13-21-8-10-22(11-9-21)19(24)18-12-15-6-4-5-7-17(15)20(18)2/h4-7,12,16,23H,3,8-11,13-14H2,1-2H3/t16-/m1/s1. The van der Waals surface area contributed by atoms with E-state index in [1.165, 1.54) is 0 Å². The molecule has 1 aliphatic heterocycles. The molecule has 25 heavy (non-hydrogen) atoms. The van der Waals surface area contributed by atoms with E-state index in [0.717, 1.165) is 29.7 Å². The molecule has 1 amide bonds. The molecule has 1 fully saturated rings. The van der Waals surface area contributed by atoms with Crippen LogP contribution in [0, 0.1) is 0 Å². The summed E-state index contributed by atoms with van der Waals surface area (Å²) in [6.45, 7) is 6.41. The minimum Gasteiger partial charge on any atom is -0.389 e. The van der Waals surface area contributed by atoms with Gasteiger partial charge in [0.15, 0.2) is 0 Å². The third-order valence-electron chi connectivity index (χ3n) is 4.81. The number of para-hydroxylation sites is 1. The van der Waals surface area contributed by atoms with Crippen molar-refractivity contribution < 1.29 is 14.6 Å². The first kappa shape index (κ1) is 17.9. The Morgan fingerprint density at radius 1 is 1.24 bits per heavy atom. The van der Waals surface area contributed by atoms with E-state index in [2.05, 4.69) is 4.90 Å². The number of β-amino-alcohol motifs (C(OH)–C–C–N with tert-alkyl or cyclic N) is 1. The molecule has 1 aromatic heterocycles. The van der Waals surface area contributed by atoms with Crippen molar-refractivity contribution in [2.24, 2.45) is 7.05 Å². The van der Waals surface area contributed by atoms with Gasteiger partial charge in [-0.15, -0.1) is 0 Å². The lowest BCUT2D eigenvalue weighted by Crippen LogP contribution is -2.51. The average Bonchev–Trinajstić information content (AvgIpc) is 2.97. The zero-order valence-corrected chi connectivity index (χ0v) is 15.0. The summed E-state index contributed by atoms with van der Waals surface area (Å²) in [5.41, 5.74) is 1.80. The van der Waals surface area contributed by atoms with E-state index in [4.69, 9.17) is 4.74 Å². The molecule has 1 saturated heterocycles. The Morgan fingerprint density at radius 3 is 2.64 bits per heavy atom. The van der Waals surface area contributed by atoms with Crippen molar-refractivity contribution in [2.75, 3.05) is 45.9 Å². The Bertz CT molecular complexity index is 720. The van der Waals surface area contributed by atoms with Gasteiger partial charge >= 0.3 is 0 Å². The zero-order valence-electron chi connectivity index (χ0n) is 15.0. The van der Waals surface area contributed by atoms with Crippen LogP contribution < -0.4 is 0 Å². The molecule has 3 rings (SSSR count). The SMILES string of the molecule is CCOC[C@H](O)CN1CCN(C(=O)c2cc3ccccc3n2C)CC1. The lowest BCUT2D eigenvalue weighted by Gasteiger charge is -2.35. The number of carbonyl (C=O) groups is 1. The fourth-order valence-electron chi connectivity index (χ4n) is 3.39. The van der Waals surface area contributed by atoms with Crippen LogP contribution in [0.3, 0.4) is 0 Å². The van der Waals surface area contributed by atoms with Gasteiger partial charge in [-0.2, -0.15) is 0 Å². The van der Waals surface area contributed by atoms with Crippen molar-refractivity contribution in [1.29, 1.82) is 0 Å². The second-order valence-electron chi connectivity index (χ2n) is 6.55. The van der Waals surface area contributed by atoms with Gasteiger partial charge in [0.1, 0.15) is 5.69 Å². The maximum absolute atomic E-state index is 12.9. The number of carbonyl (C=O) groups excluding carboxylic acids is 1. The number of ether oxygens (including phenoxy) is 1. The van der Waals surface area contributed by atoms with Crippen molar-refractivity contribution in [1.82, 2.24) is 14.4 Å². The van der Waals surface area contributed by atoms with Crippen LogP contribution in [-0.2, 0) is 11.8 Å². The van der Waals surface area contributed by atoms with Gasteiger partial charge in [-0.25, -0.2) is 0 Å². The fraction of sp³-hybridized carbons (Fsp3) is 0.526. The summed E-state index contributed by atoms with van der Waals surface area (Å²) in [4.78, 5) is 17.0. The quantitative estimate of drug-likeness (QED) is 0.858. The Hall–Kier alpha value is -1.89. The fourth-order valence-corrected chi connectivity index (χ4v) is 3.39. The zero-order chi connectivity index (χ0) is 17.8. The van der Waals surface area contributed by atoms with Crippen molar-refractivity contribution in [3.63, 3.8) is 0 Å². The Kier molecular flexibility index (Phi) is 5.73. The van der Waals surface area contributed by atoms with Gasteiger partial charge in [0.2, 0.25) is 0 Å². The molecule has 136 valence electrons. The number of aromatic nitrogens is 1. The number of hydrogen-bond donors (Lipinski definition) is 1. The summed E-state index contributed by atoms with van der Waals surface area (Å²) in [5, 5.41) is 11.0. The van der Waals surface area contributed by atoms with Gasteiger partial charge in [-0.3, -0.25) is 9.69 Å². The van der Waals surface area contributed by atoms with Gasteiger partial charge in [0, 0.05) is 57.3 Å². The lowest BCUT2D eigenvalue weighted by molar-refractivity contribution is 0.0110. The third kappa shape index (κ3) is 4.03. The molecule has 6 heteroatoms. The molecule has 0 bridgehead atoms. The third-order valence-corrected chi connectivity index (χ3v) is 4.81. The molecule has 0 radical (unpaired) electrons. The highest BCUT2D eigenvalue weighted by Gasteiger charge is 2.25. The van der Waals surface area contributed by atoms with Crippen LogP contribution in [0.5, 0.6) is 0 Å². The monoisotopic (exact) mass is 345 g/mol. The molecule has 1 atom stereocenters. The maximum Gasteiger partial charge on any atom is 0.270 e. The number of rotatable bonds is 6. The predicted octanol–water partition coefficient (Wildman–Crippen LogP) is 1.33. The van der Waals surface area contributed by atoms with Gasteiger partial charge in [0.05, 0.1) is 12.7 Å². The molecule has 1 aliphatic rings. The van der Waals surface area contributed by atoms with Crippen LogP contribution in [0.1, 0.15) is 17.4 Å². The molecular formula is C19H27N3O3. The molecule has 0 saturated carbocycles. The lowest BCUT2D eigenvalue weighted by atomic mass is 10.2. The molecule has 2 aromatic rings. The summed E-state index contributed by atoms with van der Waals surface area (Å²) in [6, 6.07) is 10.0. The molecule has 1 N–H and O–H groups in total. The van der Waals surface area contributed by atoms with E-state index in [1.807, 2.05) is 53.8 Å². The summed E-state index contributed by atoms with van der Waals surface area (Å²) in [5.74, 6) is 0.0771. The number of amides is 1. The van der Waals surface area contributed by atoms with Crippen molar-refractivity contribution in [3.8, 4) is 0 Å². The summed E-state index contributed by atoms with van der Waals surface area (Å²) in [7, 11) is 1.94. The van der Waals surface area contributed by atoms with Crippen molar-refractivity contribution in [3.05, 3.63) is 36.0 Å². The predicted molar refractivity (Wildman–Crippen MR) is 97.8 cm³/mol. The molecule has 2 heterocycles. The number of nitrogens with zero attached hydrogens (tertiary/aromatic N) is 3. The van der Waals surface area contributed by atoms with Gasteiger partial charge in [-0.05, 0) is 19.1 Å². The summed E-state index contributed by atoms with van der Waals surface area (Å²) < 4.78 is 7.22. The molecule has 6 nitrogen and oxygen atoms in total. The first-order chi connectivity index (χ1) is 12.1. The number of aliphatic hydroxyl groups excluding tert-OH is 1. The number of hydrogen-bond acceptors (Lipinski definition) is 4. The highest BCUT2D eigenvalue weighted by molar-refractivity contribution is 5.98. The van der Waals surface area contributed by atoms with Crippen LogP contribution >= 0.6 is 0 Å². The van der Waals surface area contributed by atoms with Gasteiger partial charge < -0.3 is 19.3 Å². The molecule has 0 spiro atoms. The highest BCUT2D eigenvalue weighted by atomic mass is 16.5. The number of aliphatic hydroxyl groups is 1. The Balaban J connectivity index is 1.59. The van der Waals surface area contributed by atoms with Crippen LogP contribution in [0.4, 0.5) is 0 Å². The number of aryl methyl sites for hydroxylation is 1. The highest BCUT2D eigenvalue weighted by Crippen LogP contribution is 2.20. The van der Waals surface area contributed by atoms with Crippen LogP contribution in [0.2, 0.25) is 0 Å². The van der Waals surface area contributed by atoms with Crippen LogP contribution in [0.15, 0.2) is 30.3 Å².